The fraction of sp³-hybridized carbons (Fsp3) is 0.381. The Morgan fingerprint density at radius 3 is 2.28 bits per heavy atom. The molecule has 0 bridgehead atoms. The van der Waals surface area contributed by atoms with Crippen LogP contribution in [0.3, 0.4) is 0 Å². The molecular weight excluding hydrogens is 445 g/mol. The first kappa shape index (κ1) is 23.8. The molecule has 0 aliphatic carbocycles. The number of carbonyl (C=O) groups is 1. The monoisotopic (exact) mass is 464 g/mol. The first-order valence-corrected chi connectivity index (χ1v) is 9.52. The Labute approximate surface area is 179 Å². The highest BCUT2D eigenvalue weighted by Gasteiger charge is 2.39. The van der Waals surface area contributed by atoms with Crippen LogP contribution in [0.1, 0.15) is 24.0 Å². The number of ether oxygens (including phenoxy) is 1. The normalized spacial score (nSPS) is 17.5. The van der Waals surface area contributed by atoms with Gasteiger partial charge in [0.1, 0.15) is 5.82 Å². The van der Waals surface area contributed by atoms with Gasteiger partial charge in [0.15, 0.2) is 6.23 Å². The Morgan fingerprint density at radius 2 is 1.72 bits per heavy atom. The van der Waals surface area contributed by atoms with E-state index in [2.05, 4.69) is 0 Å². The summed E-state index contributed by atoms with van der Waals surface area (Å²) in [5.41, 5.74) is -4.34. The molecule has 0 N–H and O–H groups in total. The molecule has 1 aliphatic heterocycles. The molecule has 4 nitrogen and oxygen atoms in total. The van der Waals surface area contributed by atoms with Crippen LogP contribution in [0, 0.1) is 5.82 Å². The summed E-state index contributed by atoms with van der Waals surface area (Å²) in [6, 6.07) is 3.80. The van der Waals surface area contributed by atoms with Crippen LogP contribution in [0.5, 0.6) is 0 Å². The maximum absolute atomic E-state index is 14.0. The average molecular weight is 464 g/mol. The number of hydrogen-bond acceptors (Lipinski definition) is 3. The van der Waals surface area contributed by atoms with Gasteiger partial charge in [0.25, 0.3) is 0 Å². The summed E-state index contributed by atoms with van der Waals surface area (Å²) < 4.78 is 99.2. The smallest absolute Gasteiger partial charge is 0.417 e. The number of anilines is 1. The Bertz CT molecular complexity index is 1000. The Hall–Kier alpha value is -2.82. The van der Waals surface area contributed by atoms with Gasteiger partial charge in [0.05, 0.1) is 16.8 Å². The van der Waals surface area contributed by atoms with E-state index in [9.17, 15) is 35.5 Å². The maximum Gasteiger partial charge on any atom is 0.417 e. The summed E-state index contributed by atoms with van der Waals surface area (Å²) in [5, 5.41) is 0. The largest absolute Gasteiger partial charge is 0.430 e. The standard InChI is InChI=1S/C21H19F7N2O2/c1-29-9-3-4-18(29)32-19(31)30(2)17-8-6-13(22)11-15(17)14-7-5-12(20(23,24)25)10-16(14)21(26,27)28/h5-8,10-11,18H,3-4,9H2,1-2H3/t18-/m0/s1. The van der Waals surface area contributed by atoms with Gasteiger partial charge in [-0.05, 0) is 55.8 Å². The zero-order chi connectivity index (χ0) is 23.8. The predicted octanol–water partition coefficient (Wildman–Crippen LogP) is 6.15. The van der Waals surface area contributed by atoms with Gasteiger partial charge in [0, 0.05) is 19.2 Å². The Morgan fingerprint density at radius 1 is 1.03 bits per heavy atom. The summed E-state index contributed by atoms with van der Waals surface area (Å²) in [4.78, 5) is 15.3. The topological polar surface area (TPSA) is 32.8 Å². The van der Waals surface area contributed by atoms with Crippen LogP contribution in [0.2, 0.25) is 0 Å². The van der Waals surface area contributed by atoms with E-state index in [4.69, 9.17) is 4.74 Å². The molecule has 1 heterocycles. The lowest BCUT2D eigenvalue weighted by Crippen LogP contribution is -2.36. The summed E-state index contributed by atoms with van der Waals surface area (Å²) in [6.45, 7) is 0.698. The third-order valence-electron chi connectivity index (χ3n) is 5.23. The number of nitrogens with zero attached hydrogens (tertiary/aromatic N) is 2. The number of hydrogen-bond donors (Lipinski definition) is 0. The van der Waals surface area contributed by atoms with Crippen molar-refractivity contribution in [1.82, 2.24) is 4.90 Å². The minimum atomic E-state index is -5.16. The number of amides is 1. The second-order valence-electron chi connectivity index (χ2n) is 7.44. The summed E-state index contributed by atoms with van der Waals surface area (Å²) in [6.07, 6.45) is -10.2. The summed E-state index contributed by atoms with van der Waals surface area (Å²) in [7, 11) is 2.97. The second-order valence-corrected chi connectivity index (χ2v) is 7.44. The zero-order valence-corrected chi connectivity index (χ0v) is 17.0. The van der Waals surface area contributed by atoms with Crippen molar-refractivity contribution in [1.29, 1.82) is 0 Å². The van der Waals surface area contributed by atoms with E-state index >= 15 is 0 Å². The fourth-order valence-corrected chi connectivity index (χ4v) is 3.53. The third kappa shape index (κ3) is 4.98. The van der Waals surface area contributed by atoms with E-state index in [1.165, 1.54) is 7.05 Å². The maximum atomic E-state index is 14.0. The van der Waals surface area contributed by atoms with Crippen LogP contribution < -0.4 is 4.90 Å². The molecule has 0 radical (unpaired) electrons. The number of benzene rings is 2. The predicted molar refractivity (Wildman–Crippen MR) is 102 cm³/mol. The van der Waals surface area contributed by atoms with Crippen molar-refractivity contribution in [2.24, 2.45) is 0 Å². The van der Waals surface area contributed by atoms with Gasteiger partial charge >= 0.3 is 18.4 Å². The Kier molecular flexibility index (Phi) is 6.41. The van der Waals surface area contributed by atoms with Crippen LogP contribution in [0.4, 0.5) is 41.2 Å². The fourth-order valence-electron chi connectivity index (χ4n) is 3.53. The van der Waals surface area contributed by atoms with Crippen LogP contribution >= 0.6 is 0 Å². The van der Waals surface area contributed by atoms with Gasteiger partial charge in [-0.15, -0.1) is 0 Å². The molecule has 0 spiro atoms. The highest BCUT2D eigenvalue weighted by molar-refractivity contribution is 5.94. The number of alkyl halides is 6. The molecule has 1 amide bonds. The van der Waals surface area contributed by atoms with Gasteiger partial charge in [0.2, 0.25) is 0 Å². The van der Waals surface area contributed by atoms with E-state index in [-0.39, 0.29) is 11.8 Å². The van der Waals surface area contributed by atoms with Gasteiger partial charge < -0.3 is 4.74 Å². The van der Waals surface area contributed by atoms with Crippen molar-refractivity contribution >= 4 is 11.8 Å². The molecular formula is C21H19F7N2O2. The van der Waals surface area contributed by atoms with Gasteiger partial charge in [-0.25, -0.2) is 9.18 Å². The first-order chi connectivity index (χ1) is 14.8. The molecule has 2 aromatic carbocycles. The third-order valence-corrected chi connectivity index (χ3v) is 5.23. The van der Waals surface area contributed by atoms with Gasteiger partial charge in [-0.2, -0.15) is 26.3 Å². The molecule has 3 rings (SSSR count). The second kappa shape index (κ2) is 8.61. The molecule has 0 aromatic heterocycles. The lowest BCUT2D eigenvalue weighted by atomic mass is 9.95. The zero-order valence-electron chi connectivity index (χ0n) is 17.0. The molecule has 2 aromatic rings. The highest BCUT2D eigenvalue weighted by atomic mass is 19.4. The van der Waals surface area contributed by atoms with Gasteiger partial charge in [-0.1, -0.05) is 6.07 Å². The lowest BCUT2D eigenvalue weighted by molar-refractivity contribution is -0.142. The summed E-state index contributed by atoms with van der Waals surface area (Å²) >= 11 is 0. The van der Waals surface area contributed by atoms with Crippen molar-refractivity contribution < 1.29 is 40.3 Å². The highest BCUT2D eigenvalue weighted by Crippen LogP contribution is 2.43. The van der Waals surface area contributed by atoms with Crippen molar-refractivity contribution in [2.45, 2.75) is 31.4 Å². The van der Waals surface area contributed by atoms with Crippen LogP contribution in [0.25, 0.3) is 11.1 Å². The van der Waals surface area contributed by atoms with E-state index < -0.39 is 52.7 Å². The van der Waals surface area contributed by atoms with E-state index in [0.29, 0.717) is 25.1 Å². The number of halogens is 7. The minimum absolute atomic E-state index is 0.0319. The quantitative estimate of drug-likeness (QED) is 0.511. The van der Waals surface area contributed by atoms with Crippen LogP contribution in [-0.2, 0) is 17.1 Å². The van der Waals surface area contributed by atoms with E-state index in [1.54, 1.807) is 11.9 Å². The number of rotatable bonds is 3. The van der Waals surface area contributed by atoms with E-state index in [1.807, 2.05) is 0 Å². The van der Waals surface area contributed by atoms with Crippen molar-refractivity contribution in [3.8, 4) is 11.1 Å². The molecule has 174 valence electrons. The minimum Gasteiger partial charge on any atom is -0.430 e. The molecule has 1 atom stereocenters. The molecule has 1 saturated heterocycles. The summed E-state index contributed by atoms with van der Waals surface area (Å²) in [5.74, 6) is -0.922. The molecule has 32 heavy (non-hydrogen) atoms. The first-order valence-electron chi connectivity index (χ1n) is 9.52. The lowest BCUT2D eigenvalue weighted by Gasteiger charge is -2.26. The molecule has 0 saturated carbocycles. The van der Waals surface area contributed by atoms with Crippen molar-refractivity contribution in [3.63, 3.8) is 0 Å². The molecule has 0 unspecified atom stereocenters. The molecule has 11 heteroatoms. The molecule has 1 fully saturated rings. The average Bonchev–Trinajstić information content (AvgIpc) is 3.10. The Balaban J connectivity index is 2.07. The molecule has 1 aliphatic rings. The van der Waals surface area contributed by atoms with Crippen LogP contribution in [-0.4, -0.2) is 37.9 Å². The SMILES string of the molecule is CN(C(=O)O[C@H]1CCCN1C)c1ccc(F)cc1-c1ccc(C(F)(F)F)cc1C(F)(F)F. The van der Waals surface area contributed by atoms with Gasteiger partial charge in [-0.3, -0.25) is 9.80 Å². The van der Waals surface area contributed by atoms with Crippen molar-refractivity contribution in [3.05, 3.63) is 53.3 Å². The number of carbonyl (C=O) groups excluding carboxylic acids is 1. The number of likely N-dealkylation sites (tertiary alicyclic amines) is 1. The van der Waals surface area contributed by atoms with Crippen LogP contribution in [0.15, 0.2) is 36.4 Å². The van der Waals surface area contributed by atoms with E-state index in [0.717, 1.165) is 29.5 Å². The van der Waals surface area contributed by atoms with Crippen molar-refractivity contribution in [2.75, 3.05) is 25.5 Å².